The van der Waals surface area contributed by atoms with Gasteiger partial charge < -0.3 is 9.75 Å². The number of carbonyl (C=O) groups is 1. The molecule has 1 amide bonds. The Morgan fingerprint density at radius 2 is 1.96 bits per heavy atom. The van der Waals surface area contributed by atoms with Gasteiger partial charge in [0.1, 0.15) is 6.61 Å². The van der Waals surface area contributed by atoms with Gasteiger partial charge in [0, 0.05) is 13.2 Å². The highest BCUT2D eigenvalue weighted by Crippen LogP contribution is 2.41. The molecule has 0 unspecified atom stereocenters. The predicted molar refractivity (Wildman–Crippen MR) is 86.0 cm³/mol. The Hall–Kier alpha value is -2.85. The van der Waals surface area contributed by atoms with Crippen LogP contribution in [0.2, 0.25) is 0 Å². The first-order valence-electron chi connectivity index (χ1n) is 6.92. The van der Waals surface area contributed by atoms with Crippen LogP contribution < -0.4 is 26.9 Å². The third-order valence-electron chi connectivity index (χ3n) is 2.84. The lowest BCUT2D eigenvalue weighted by Gasteiger charge is -2.21. The standard InChI is InChI=1S/C14H14F3N3O.CH4N2O/c1-20(18)12-7-4-6-11(14(15,16)17)13(12)21-9-10-5-2-3-8-19-10;2-3-1-4/h2-8H,9,18H2,1H3;1H,2H2,(H,3,4). The van der Waals surface area contributed by atoms with E-state index in [0.717, 1.165) is 11.1 Å². The molecule has 1 heterocycles. The quantitative estimate of drug-likeness (QED) is 0.325. The second-order valence-corrected chi connectivity index (χ2v) is 4.66. The summed E-state index contributed by atoms with van der Waals surface area (Å²) in [7, 11) is 1.45. The number of nitrogens with two attached hydrogens (primary N) is 2. The third kappa shape index (κ3) is 6.28. The number of pyridine rings is 1. The van der Waals surface area contributed by atoms with Crippen molar-refractivity contribution in [2.24, 2.45) is 11.7 Å². The maximum Gasteiger partial charge on any atom is 0.420 e. The molecule has 136 valence electrons. The Balaban J connectivity index is 0.000000705. The van der Waals surface area contributed by atoms with Gasteiger partial charge in [-0.1, -0.05) is 12.1 Å². The van der Waals surface area contributed by atoms with Crippen molar-refractivity contribution in [2.75, 3.05) is 12.1 Å². The van der Waals surface area contributed by atoms with Gasteiger partial charge in [0.05, 0.1) is 16.9 Å². The Bertz CT molecular complexity index is 666. The summed E-state index contributed by atoms with van der Waals surface area (Å²) in [5.74, 6) is 9.67. The average molecular weight is 357 g/mol. The number of hydrazine groups is 2. The predicted octanol–water partition coefficient (Wildman–Crippen LogP) is 1.60. The van der Waals surface area contributed by atoms with E-state index >= 15 is 0 Å². The zero-order valence-corrected chi connectivity index (χ0v) is 13.3. The first-order valence-corrected chi connectivity index (χ1v) is 6.92. The van der Waals surface area contributed by atoms with E-state index in [2.05, 4.69) is 10.8 Å². The molecule has 0 aliphatic heterocycles. The van der Waals surface area contributed by atoms with E-state index in [9.17, 15) is 13.2 Å². The van der Waals surface area contributed by atoms with Crippen LogP contribution in [-0.2, 0) is 17.6 Å². The monoisotopic (exact) mass is 357 g/mol. The van der Waals surface area contributed by atoms with Crippen LogP contribution in [0.25, 0.3) is 0 Å². The number of alkyl halides is 3. The summed E-state index contributed by atoms with van der Waals surface area (Å²) in [6.07, 6.45) is -2.57. The number of anilines is 1. The van der Waals surface area contributed by atoms with Gasteiger partial charge in [0.2, 0.25) is 6.41 Å². The summed E-state index contributed by atoms with van der Waals surface area (Å²) in [5.41, 5.74) is 1.56. The molecule has 0 radical (unpaired) electrons. The van der Waals surface area contributed by atoms with Crippen LogP contribution >= 0.6 is 0 Å². The van der Waals surface area contributed by atoms with Crippen LogP contribution in [0, 0.1) is 0 Å². The lowest BCUT2D eigenvalue weighted by molar-refractivity contribution is -0.139. The number of hydrogen-bond donors (Lipinski definition) is 3. The molecule has 10 heteroatoms. The van der Waals surface area contributed by atoms with E-state index in [1.54, 1.807) is 29.8 Å². The number of ether oxygens (including phenoxy) is 1. The highest BCUT2D eigenvalue weighted by molar-refractivity contribution is 5.61. The van der Waals surface area contributed by atoms with E-state index in [4.69, 9.17) is 15.4 Å². The average Bonchev–Trinajstić information content (AvgIpc) is 2.59. The molecule has 5 N–H and O–H groups in total. The fraction of sp³-hybridized carbons (Fsp3) is 0.200. The van der Waals surface area contributed by atoms with Crippen LogP contribution in [0.5, 0.6) is 5.75 Å². The molecular weight excluding hydrogens is 339 g/mol. The summed E-state index contributed by atoms with van der Waals surface area (Å²) in [6, 6.07) is 8.82. The minimum absolute atomic E-state index is 0.0746. The van der Waals surface area contributed by atoms with Crippen LogP contribution in [0.3, 0.4) is 0 Å². The fourth-order valence-electron chi connectivity index (χ4n) is 1.81. The van der Waals surface area contributed by atoms with E-state index in [0.29, 0.717) is 12.1 Å². The van der Waals surface area contributed by atoms with Gasteiger partial charge in [-0.05, 0) is 24.3 Å². The summed E-state index contributed by atoms with van der Waals surface area (Å²) in [4.78, 5) is 12.9. The molecule has 0 spiro atoms. The largest absolute Gasteiger partial charge is 0.484 e. The van der Waals surface area contributed by atoms with E-state index in [1.807, 2.05) is 0 Å². The number of aromatic nitrogens is 1. The molecule has 0 fully saturated rings. The molecule has 0 atom stereocenters. The second-order valence-electron chi connectivity index (χ2n) is 4.66. The molecule has 0 bridgehead atoms. The molecule has 1 aromatic carbocycles. The van der Waals surface area contributed by atoms with Crippen molar-refractivity contribution in [1.29, 1.82) is 0 Å². The number of para-hydroxylation sites is 1. The van der Waals surface area contributed by atoms with Crippen molar-refractivity contribution < 1.29 is 22.7 Å². The first-order chi connectivity index (χ1) is 11.8. The second kappa shape index (κ2) is 9.45. The van der Waals surface area contributed by atoms with Gasteiger partial charge in [-0.2, -0.15) is 13.2 Å². The zero-order valence-electron chi connectivity index (χ0n) is 13.3. The van der Waals surface area contributed by atoms with Crippen molar-refractivity contribution in [3.8, 4) is 5.75 Å². The van der Waals surface area contributed by atoms with Crippen molar-refractivity contribution in [1.82, 2.24) is 10.4 Å². The first kappa shape index (κ1) is 20.2. The molecule has 2 rings (SSSR count). The molecule has 1 aromatic heterocycles. The van der Waals surface area contributed by atoms with Crippen LogP contribution in [-0.4, -0.2) is 18.4 Å². The number of benzene rings is 1. The molecule has 0 aliphatic rings. The summed E-state index contributed by atoms with van der Waals surface area (Å²) in [5, 5.41) is 1.09. The topological polar surface area (TPSA) is 106 Å². The molecule has 7 nitrogen and oxygen atoms in total. The molecule has 25 heavy (non-hydrogen) atoms. The number of rotatable bonds is 5. The number of nitrogens with zero attached hydrogens (tertiary/aromatic N) is 2. The van der Waals surface area contributed by atoms with Crippen molar-refractivity contribution in [3.05, 3.63) is 53.9 Å². The SMILES string of the molecule is CN(N)c1cccc(C(F)(F)F)c1OCc1ccccn1.NNC=O. The fourth-order valence-corrected chi connectivity index (χ4v) is 1.81. The normalized spacial score (nSPS) is 10.3. The molecule has 2 aromatic rings. The number of nitrogens with one attached hydrogen (secondary N) is 1. The summed E-state index contributed by atoms with van der Waals surface area (Å²) in [6.45, 7) is -0.0746. The van der Waals surface area contributed by atoms with Gasteiger partial charge in [0.15, 0.2) is 5.75 Å². The van der Waals surface area contributed by atoms with Crippen LogP contribution in [0.1, 0.15) is 11.3 Å². The van der Waals surface area contributed by atoms with Crippen molar-refractivity contribution in [3.63, 3.8) is 0 Å². The van der Waals surface area contributed by atoms with Gasteiger partial charge in [-0.25, -0.2) is 11.7 Å². The molecule has 0 aliphatic carbocycles. The third-order valence-corrected chi connectivity index (χ3v) is 2.84. The van der Waals surface area contributed by atoms with Gasteiger partial charge in [-0.15, -0.1) is 0 Å². The van der Waals surface area contributed by atoms with Crippen LogP contribution in [0.4, 0.5) is 18.9 Å². The summed E-state index contributed by atoms with van der Waals surface area (Å²) < 4.78 is 44.5. The number of carbonyl (C=O) groups excluding carboxylic acids is 1. The smallest absolute Gasteiger partial charge is 0.420 e. The summed E-state index contributed by atoms with van der Waals surface area (Å²) >= 11 is 0. The van der Waals surface area contributed by atoms with E-state index in [1.165, 1.54) is 19.2 Å². The maximum atomic E-state index is 13.1. The number of halogens is 3. The number of hydrogen-bond acceptors (Lipinski definition) is 6. The zero-order chi connectivity index (χ0) is 18.9. The highest BCUT2D eigenvalue weighted by atomic mass is 19.4. The molecule has 0 saturated heterocycles. The number of amides is 1. The van der Waals surface area contributed by atoms with Crippen LogP contribution in [0.15, 0.2) is 42.6 Å². The minimum atomic E-state index is -4.52. The Morgan fingerprint density at radius 3 is 2.44 bits per heavy atom. The molecular formula is C15H18F3N5O2. The molecule has 0 saturated carbocycles. The van der Waals surface area contributed by atoms with Gasteiger partial charge in [-0.3, -0.25) is 15.2 Å². The highest BCUT2D eigenvalue weighted by Gasteiger charge is 2.35. The lowest BCUT2D eigenvalue weighted by Crippen LogP contribution is -2.26. The Labute approximate surface area is 142 Å². The van der Waals surface area contributed by atoms with E-state index in [-0.39, 0.29) is 18.0 Å². The van der Waals surface area contributed by atoms with Crippen molar-refractivity contribution >= 4 is 12.1 Å². The van der Waals surface area contributed by atoms with Gasteiger partial charge >= 0.3 is 6.18 Å². The van der Waals surface area contributed by atoms with Gasteiger partial charge in [0.25, 0.3) is 0 Å². The van der Waals surface area contributed by atoms with Crippen molar-refractivity contribution in [2.45, 2.75) is 12.8 Å². The Morgan fingerprint density at radius 1 is 1.28 bits per heavy atom. The minimum Gasteiger partial charge on any atom is -0.484 e. The Kier molecular flexibility index (Phi) is 7.63. The lowest BCUT2D eigenvalue weighted by atomic mass is 10.1. The van der Waals surface area contributed by atoms with E-state index < -0.39 is 11.7 Å². The maximum absolute atomic E-state index is 13.1.